The highest BCUT2D eigenvalue weighted by atomic mass is 35.5. The van der Waals surface area contributed by atoms with Gasteiger partial charge in [0.15, 0.2) is 11.5 Å². The molecule has 2 aromatic heterocycles. The van der Waals surface area contributed by atoms with Gasteiger partial charge in [0.1, 0.15) is 0 Å². The van der Waals surface area contributed by atoms with E-state index in [-0.39, 0.29) is 10.8 Å². The van der Waals surface area contributed by atoms with Gasteiger partial charge in [-0.25, -0.2) is 9.67 Å². The Bertz CT molecular complexity index is 638. The predicted molar refractivity (Wildman–Crippen MR) is 59.9 cm³/mol. The van der Waals surface area contributed by atoms with E-state index in [0.717, 1.165) is 10.9 Å². The van der Waals surface area contributed by atoms with Crippen LogP contribution in [0.3, 0.4) is 0 Å². The minimum absolute atomic E-state index is 0.0258. The fourth-order valence-corrected chi connectivity index (χ4v) is 1.63. The highest BCUT2D eigenvalue weighted by Gasteiger charge is 2.39. The zero-order valence-corrected chi connectivity index (χ0v) is 9.90. The molecule has 5 nitrogen and oxygen atoms in total. The number of aromatic nitrogens is 3. The number of carbonyl (C=O) groups excluding carboxylic acids is 1. The number of nitrogens with two attached hydrogens (primary N) is 1. The smallest absolute Gasteiger partial charge is 0.365 e. The molecule has 0 bridgehead atoms. The van der Waals surface area contributed by atoms with E-state index < -0.39 is 23.3 Å². The Balaban J connectivity index is 2.62. The summed E-state index contributed by atoms with van der Waals surface area (Å²) in [5.74, 6) is -1.26. The second kappa shape index (κ2) is 4.54. The van der Waals surface area contributed by atoms with Crippen LogP contribution < -0.4 is 5.73 Å². The van der Waals surface area contributed by atoms with Crippen molar-refractivity contribution in [1.29, 1.82) is 0 Å². The lowest BCUT2D eigenvalue weighted by molar-refractivity contribution is -0.141. The summed E-state index contributed by atoms with van der Waals surface area (Å²) in [6.07, 6.45) is -2.61. The second-order valence-corrected chi connectivity index (χ2v) is 3.91. The summed E-state index contributed by atoms with van der Waals surface area (Å²) in [6, 6.07) is 2.94. The molecular formula is C10H6ClF3N4O. The molecule has 1 amide bonds. The Morgan fingerprint density at radius 3 is 2.58 bits per heavy atom. The third kappa shape index (κ3) is 2.53. The first-order valence-corrected chi connectivity index (χ1v) is 5.26. The van der Waals surface area contributed by atoms with Crippen LogP contribution in [0.15, 0.2) is 24.5 Å². The minimum Gasteiger partial charge on any atom is -0.365 e. The van der Waals surface area contributed by atoms with Gasteiger partial charge in [-0.15, -0.1) is 0 Å². The molecule has 2 N–H and O–H groups in total. The van der Waals surface area contributed by atoms with E-state index in [0.29, 0.717) is 0 Å². The molecule has 0 spiro atoms. The van der Waals surface area contributed by atoms with Crippen molar-refractivity contribution in [3.63, 3.8) is 0 Å². The monoisotopic (exact) mass is 290 g/mol. The minimum atomic E-state index is -4.79. The molecule has 100 valence electrons. The third-order valence-electron chi connectivity index (χ3n) is 2.20. The first-order valence-electron chi connectivity index (χ1n) is 4.88. The van der Waals surface area contributed by atoms with E-state index in [4.69, 9.17) is 17.3 Å². The lowest BCUT2D eigenvalue weighted by Crippen LogP contribution is -2.17. The van der Waals surface area contributed by atoms with Crippen molar-refractivity contribution in [2.75, 3.05) is 0 Å². The Morgan fingerprint density at radius 1 is 1.42 bits per heavy atom. The van der Waals surface area contributed by atoms with Gasteiger partial charge in [0, 0.05) is 12.4 Å². The van der Waals surface area contributed by atoms with Crippen LogP contribution in [0, 0.1) is 0 Å². The fourth-order valence-electron chi connectivity index (χ4n) is 1.42. The fraction of sp³-hybridized carbons (Fsp3) is 0.100. The number of pyridine rings is 1. The van der Waals surface area contributed by atoms with Gasteiger partial charge in [0.05, 0.1) is 10.6 Å². The molecule has 9 heteroatoms. The summed E-state index contributed by atoms with van der Waals surface area (Å²) in [6.45, 7) is 0. The summed E-state index contributed by atoms with van der Waals surface area (Å²) in [4.78, 5) is 14.8. The molecular weight excluding hydrogens is 285 g/mol. The van der Waals surface area contributed by atoms with Crippen LogP contribution in [0.1, 0.15) is 16.1 Å². The average Bonchev–Trinajstić information content (AvgIpc) is 2.74. The number of rotatable bonds is 2. The van der Waals surface area contributed by atoms with E-state index in [2.05, 4.69) is 10.1 Å². The highest BCUT2D eigenvalue weighted by molar-refractivity contribution is 6.32. The number of hydrogen-bond acceptors (Lipinski definition) is 3. The maximum Gasteiger partial charge on any atom is 0.435 e. The molecule has 0 aliphatic carbocycles. The van der Waals surface area contributed by atoms with Gasteiger partial charge in [0.25, 0.3) is 5.91 Å². The summed E-state index contributed by atoms with van der Waals surface area (Å²) in [5, 5.41) is 3.37. The van der Waals surface area contributed by atoms with Gasteiger partial charge in [-0.2, -0.15) is 18.3 Å². The summed E-state index contributed by atoms with van der Waals surface area (Å²) in [7, 11) is 0. The zero-order valence-electron chi connectivity index (χ0n) is 9.15. The van der Waals surface area contributed by atoms with Gasteiger partial charge in [0.2, 0.25) is 0 Å². The second-order valence-electron chi connectivity index (χ2n) is 3.51. The van der Waals surface area contributed by atoms with Crippen molar-refractivity contribution >= 4 is 17.5 Å². The molecule has 0 saturated carbocycles. The van der Waals surface area contributed by atoms with Crippen molar-refractivity contribution in [1.82, 2.24) is 14.8 Å². The highest BCUT2D eigenvalue weighted by Crippen LogP contribution is 2.31. The van der Waals surface area contributed by atoms with E-state index in [1.807, 2.05) is 0 Å². The third-order valence-corrected chi connectivity index (χ3v) is 2.50. The van der Waals surface area contributed by atoms with E-state index >= 15 is 0 Å². The lowest BCUT2D eigenvalue weighted by atomic mass is 10.2. The van der Waals surface area contributed by atoms with Crippen LogP contribution >= 0.6 is 11.6 Å². The molecule has 0 fully saturated rings. The molecule has 2 rings (SSSR count). The number of alkyl halides is 3. The van der Waals surface area contributed by atoms with Crippen molar-refractivity contribution in [2.45, 2.75) is 6.18 Å². The van der Waals surface area contributed by atoms with Crippen LogP contribution in [0.4, 0.5) is 13.2 Å². The molecule has 2 heterocycles. The quantitative estimate of drug-likeness (QED) is 0.920. The number of halogens is 4. The van der Waals surface area contributed by atoms with Crippen LogP contribution in [-0.2, 0) is 6.18 Å². The molecule has 0 aliphatic rings. The normalized spacial score (nSPS) is 11.6. The number of hydrogen-bond donors (Lipinski definition) is 1. The summed E-state index contributed by atoms with van der Waals surface area (Å²) in [5.41, 5.74) is 2.78. The van der Waals surface area contributed by atoms with Crippen LogP contribution in [-0.4, -0.2) is 20.7 Å². The number of amides is 1. The summed E-state index contributed by atoms with van der Waals surface area (Å²) < 4.78 is 38.9. The molecule has 19 heavy (non-hydrogen) atoms. The first kappa shape index (κ1) is 13.3. The molecule has 0 unspecified atom stereocenters. The van der Waals surface area contributed by atoms with Crippen molar-refractivity contribution in [3.05, 3.63) is 40.8 Å². The predicted octanol–water partition coefficient (Wildman–Crippen LogP) is 2.04. The zero-order chi connectivity index (χ0) is 14.2. The van der Waals surface area contributed by atoms with E-state index in [1.54, 1.807) is 0 Å². The van der Waals surface area contributed by atoms with Gasteiger partial charge in [-0.3, -0.25) is 4.79 Å². The molecule has 0 saturated heterocycles. The first-order chi connectivity index (χ1) is 8.80. The summed E-state index contributed by atoms with van der Waals surface area (Å²) >= 11 is 5.79. The van der Waals surface area contributed by atoms with Gasteiger partial charge in [-0.05, 0) is 12.1 Å². The Morgan fingerprint density at radius 2 is 2.11 bits per heavy atom. The molecule has 0 atom stereocenters. The molecule has 2 aromatic rings. The molecule has 0 aromatic carbocycles. The SMILES string of the molecule is NC(=O)c1cn(-c2ncccc2Cl)nc1C(F)(F)F. The van der Waals surface area contributed by atoms with Crippen molar-refractivity contribution in [3.8, 4) is 5.82 Å². The number of carbonyl (C=O) groups is 1. The van der Waals surface area contributed by atoms with Crippen LogP contribution in [0.2, 0.25) is 5.02 Å². The standard InChI is InChI=1S/C10H6ClF3N4O/c11-6-2-1-3-16-9(6)18-4-5(8(15)19)7(17-18)10(12,13)14/h1-4H,(H2,15,19). The lowest BCUT2D eigenvalue weighted by Gasteiger charge is -2.03. The topological polar surface area (TPSA) is 73.8 Å². The van der Waals surface area contributed by atoms with E-state index in [1.165, 1.54) is 18.3 Å². The van der Waals surface area contributed by atoms with Gasteiger partial charge in [-0.1, -0.05) is 11.6 Å². The maximum absolute atomic E-state index is 12.7. The molecule has 0 radical (unpaired) electrons. The molecule has 0 aliphatic heterocycles. The average molecular weight is 291 g/mol. The maximum atomic E-state index is 12.7. The van der Waals surface area contributed by atoms with Gasteiger partial charge >= 0.3 is 6.18 Å². The number of nitrogens with zero attached hydrogens (tertiary/aromatic N) is 3. The van der Waals surface area contributed by atoms with Crippen LogP contribution in [0.25, 0.3) is 5.82 Å². The van der Waals surface area contributed by atoms with Crippen molar-refractivity contribution < 1.29 is 18.0 Å². The Kier molecular flexibility index (Phi) is 3.19. The van der Waals surface area contributed by atoms with E-state index in [9.17, 15) is 18.0 Å². The van der Waals surface area contributed by atoms with Crippen molar-refractivity contribution in [2.24, 2.45) is 5.73 Å². The Labute approximate surface area is 109 Å². The van der Waals surface area contributed by atoms with Gasteiger partial charge < -0.3 is 5.73 Å². The van der Waals surface area contributed by atoms with Crippen LogP contribution in [0.5, 0.6) is 0 Å². The Hall–Kier alpha value is -2.09. The number of primary amides is 1. The largest absolute Gasteiger partial charge is 0.435 e.